The predicted octanol–water partition coefficient (Wildman–Crippen LogP) is 1.61. The maximum absolute atomic E-state index is 12.9. The molecule has 0 spiro atoms. The van der Waals surface area contributed by atoms with Crippen molar-refractivity contribution in [2.24, 2.45) is 5.92 Å². The number of fused-ring (bicyclic) bond motifs is 1. The molecule has 0 bridgehead atoms. The summed E-state index contributed by atoms with van der Waals surface area (Å²) in [5.74, 6) is -0.261. The van der Waals surface area contributed by atoms with Crippen LogP contribution in [0, 0.1) is 5.92 Å². The van der Waals surface area contributed by atoms with E-state index in [1.807, 2.05) is 23.4 Å². The van der Waals surface area contributed by atoms with Crippen LogP contribution in [-0.2, 0) is 27.4 Å². The number of aromatic nitrogens is 2. The number of nitrogens with zero attached hydrogens (tertiary/aromatic N) is 3. The molecule has 1 amide bonds. The maximum atomic E-state index is 12.9. The highest BCUT2D eigenvalue weighted by atomic mass is 16.5. The molecule has 0 aromatic carbocycles. The van der Waals surface area contributed by atoms with Crippen molar-refractivity contribution in [2.45, 2.75) is 51.8 Å². The number of esters is 1. The van der Waals surface area contributed by atoms with E-state index in [2.05, 4.69) is 5.10 Å². The van der Waals surface area contributed by atoms with E-state index in [0.29, 0.717) is 31.9 Å². The van der Waals surface area contributed by atoms with E-state index >= 15 is 0 Å². The maximum Gasteiger partial charge on any atom is 0.358 e. The smallest absolute Gasteiger partial charge is 0.358 e. The molecule has 2 aliphatic heterocycles. The lowest BCUT2D eigenvalue weighted by atomic mass is 9.87. The molecule has 3 heterocycles. The molecule has 7 heteroatoms. The Morgan fingerprint density at radius 2 is 2.17 bits per heavy atom. The zero-order valence-electron chi connectivity index (χ0n) is 14.6. The van der Waals surface area contributed by atoms with E-state index in [1.54, 1.807) is 6.07 Å². The van der Waals surface area contributed by atoms with Crippen LogP contribution in [0.15, 0.2) is 6.07 Å². The highest BCUT2D eigenvalue weighted by Gasteiger charge is 2.35. The van der Waals surface area contributed by atoms with Gasteiger partial charge in [0.15, 0.2) is 5.69 Å². The molecular formula is C17H25N3O4. The molecule has 3 rings (SSSR count). The Hall–Kier alpha value is -1.89. The minimum atomic E-state index is -0.445. The lowest BCUT2D eigenvalue weighted by Crippen LogP contribution is -2.43. The standard InChI is InChI=1S/C17H25N3O4/c1-17(2)10-12(5-8-24-17)15(21)19-6-4-7-20-13(11-19)9-14(18-20)16(22)23-3/h9,12H,4-8,10-11H2,1-3H3. The van der Waals surface area contributed by atoms with Crippen molar-refractivity contribution in [3.8, 4) is 0 Å². The topological polar surface area (TPSA) is 73.7 Å². The summed E-state index contributed by atoms with van der Waals surface area (Å²) in [7, 11) is 1.34. The molecule has 1 fully saturated rings. The zero-order chi connectivity index (χ0) is 17.3. The minimum Gasteiger partial charge on any atom is -0.464 e. The summed E-state index contributed by atoms with van der Waals surface area (Å²) >= 11 is 0. The van der Waals surface area contributed by atoms with Gasteiger partial charge in [-0.05, 0) is 39.2 Å². The van der Waals surface area contributed by atoms with Crippen LogP contribution in [0.25, 0.3) is 0 Å². The molecule has 0 radical (unpaired) electrons. The molecular weight excluding hydrogens is 310 g/mol. The molecule has 0 aliphatic carbocycles. The van der Waals surface area contributed by atoms with Gasteiger partial charge in [0, 0.05) is 25.6 Å². The van der Waals surface area contributed by atoms with Gasteiger partial charge in [0.05, 0.1) is 24.9 Å². The second-order valence-electron chi connectivity index (χ2n) is 7.15. The Kier molecular flexibility index (Phi) is 4.62. The van der Waals surface area contributed by atoms with E-state index in [0.717, 1.165) is 25.0 Å². The molecule has 0 saturated carbocycles. The molecule has 132 valence electrons. The van der Waals surface area contributed by atoms with Gasteiger partial charge in [0.25, 0.3) is 0 Å². The molecule has 2 aliphatic rings. The van der Waals surface area contributed by atoms with Gasteiger partial charge in [-0.3, -0.25) is 9.48 Å². The fourth-order valence-corrected chi connectivity index (χ4v) is 3.56. The van der Waals surface area contributed by atoms with Crippen molar-refractivity contribution in [3.05, 3.63) is 17.5 Å². The largest absolute Gasteiger partial charge is 0.464 e. The first kappa shape index (κ1) is 17.0. The molecule has 1 aromatic heterocycles. The SMILES string of the molecule is COC(=O)c1cc2n(n1)CCCN(C(=O)C1CCOC(C)(C)C1)C2. The van der Waals surface area contributed by atoms with E-state index in [-0.39, 0.29) is 17.4 Å². The van der Waals surface area contributed by atoms with Crippen LogP contribution in [0.1, 0.15) is 49.3 Å². The number of hydrogen-bond donors (Lipinski definition) is 0. The Balaban J connectivity index is 1.74. The van der Waals surface area contributed by atoms with Crippen molar-refractivity contribution in [1.29, 1.82) is 0 Å². The monoisotopic (exact) mass is 335 g/mol. The fourth-order valence-electron chi connectivity index (χ4n) is 3.56. The van der Waals surface area contributed by atoms with Crippen LogP contribution >= 0.6 is 0 Å². The van der Waals surface area contributed by atoms with Gasteiger partial charge in [0.2, 0.25) is 5.91 Å². The summed E-state index contributed by atoms with van der Waals surface area (Å²) in [5, 5.41) is 4.30. The molecule has 1 unspecified atom stereocenters. The summed E-state index contributed by atoms with van der Waals surface area (Å²) in [6, 6.07) is 1.73. The van der Waals surface area contributed by atoms with E-state index in [1.165, 1.54) is 7.11 Å². The van der Waals surface area contributed by atoms with Gasteiger partial charge < -0.3 is 14.4 Å². The third-order valence-electron chi connectivity index (χ3n) is 4.77. The van der Waals surface area contributed by atoms with Crippen molar-refractivity contribution in [2.75, 3.05) is 20.3 Å². The van der Waals surface area contributed by atoms with Gasteiger partial charge in [-0.2, -0.15) is 5.10 Å². The summed E-state index contributed by atoms with van der Waals surface area (Å²) in [4.78, 5) is 26.5. The van der Waals surface area contributed by atoms with Crippen LogP contribution in [0.4, 0.5) is 0 Å². The quantitative estimate of drug-likeness (QED) is 0.768. The van der Waals surface area contributed by atoms with Crippen LogP contribution in [0.3, 0.4) is 0 Å². The summed E-state index contributed by atoms with van der Waals surface area (Å²) in [6.07, 6.45) is 2.34. The molecule has 1 saturated heterocycles. The molecule has 0 N–H and O–H groups in total. The van der Waals surface area contributed by atoms with E-state index in [4.69, 9.17) is 9.47 Å². The van der Waals surface area contributed by atoms with Gasteiger partial charge in [0.1, 0.15) is 0 Å². The van der Waals surface area contributed by atoms with Crippen LogP contribution in [0.2, 0.25) is 0 Å². The number of amides is 1. The van der Waals surface area contributed by atoms with Crippen LogP contribution < -0.4 is 0 Å². The lowest BCUT2D eigenvalue weighted by molar-refractivity contribution is -0.146. The fraction of sp³-hybridized carbons (Fsp3) is 0.706. The van der Waals surface area contributed by atoms with Crippen LogP contribution in [0.5, 0.6) is 0 Å². The van der Waals surface area contributed by atoms with Crippen LogP contribution in [-0.4, -0.2) is 52.4 Å². The summed E-state index contributed by atoms with van der Waals surface area (Å²) < 4.78 is 12.3. The van der Waals surface area contributed by atoms with E-state index in [9.17, 15) is 9.59 Å². The highest BCUT2D eigenvalue weighted by Crippen LogP contribution is 2.30. The van der Waals surface area contributed by atoms with Crippen molar-refractivity contribution < 1.29 is 19.1 Å². The van der Waals surface area contributed by atoms with Gasteiger partial charge in [-0.1, -0.05) is 0 Å². The first-order chi connectivity index (χ1) is 11.4. The zero-order valence-corrected chi connectivity index (χ0v) is 14.6. The number of aryl methyl sites for hydroxylation is 1. The lowest BCUT2D eigenvalue weighted by Gasteiger charge is -2.36. The summed E-state index contributed by atoms with van der Waals surface area (Å²) in [6.45, 7) is 6.60. The number of carbonyl (C=O) groups is 2. The number of methoxy groups -OCH3 is 1. The Morgan fingerprint density at radius 1 is 1.38 bits per heavy atom. The number of rotatable bonds is 2. The van der Waals surface area contributed by atoms with Crippen molar-refractivity contribution >= 4 is 11.9 Å². The third kappa shape index (κ3) is 3.45. The van der Waals surface area contributed by atoms with Crippen molar-refractivity contribution in [1.82, 2.24) is 14.7 Å². The average Bonchev–Trinajstić information content (AvgIpc) is 2.84. The van der Waals surface area contributed by atoms with Gasteiger partial charge in [-0.25, -0.2) is 4.79 Å². The molecule has 24 heavy (non-hydrogen) atoms. The van der Waals surface area contributed by atoms with E-state index < -0.39 is 5.97 Å². The minimum absolute atomic E-state index is 0.00305. The molecule has 1 aromatic rings. The summed E-state index contributed by atoms with van der Waals surface area (Å²) in [5.41, 5.74) is 0.936. The predicted molar refractivity (Wildman–Crippen MR) is 86.4 cm³/mol. The Labute approximate surface area is 141 Å². The average molecular weight is 335 g/mol. The number of ether oxygens (including phenoxy) is 2. The third-order valence-corrected chi connectivity index (χ3v) is 4.77. The molecule has 7 nitrogen and oxygen atoms in total. The molecule has 1 atom stereocenters. The van der Waals surface area contributed by atoms with Crippen molar-refractivity contribution in [3.63, 3.8) is 0 Å². The second kappa shape index (κ2) is 6.55. The van der Waals surface area contributed by atoms with Gasteiger partial charge >= 0.3 is 5.97 Å². The van der Waals surface area contributed by atoms with Gasteiger partial charge in [-0.15, -0.1) is 0 Å². The Morgan fingerprint density at radius 3 is 2.88 bits per heavy atom. The first-order valence-electron chi connectivity index (χ1n) is 8.47. The highest BCUT2D eigenvalue weighted by molar-refractivity contribution is 5.87. The number of hydrogen-bond acceptors (Lipinski definition) is 5. The number of carbonyl (C=O) groups excluding carboxylic acids is 2. The second-order valence-corrected chi connectivity index (χ2v) is 7.15. The first-order valence-corrected chi connectivity index (χ1v) is 8.47. The normalized spacial score (nSPS) is 23.3. The Bertz CT molecular complexity index is 638.